The number of rotatable bonds is 2. The van der Waals surface area contributed by atoms with Crippen molar-refractivity contribution in [1.82, 2.24) is 0 Å². The Morgan fingerprint density at radius 2 is 1.80 bits per heavy atom. The van der Waals surface area contributed by atoms with Crippen molar-refractivity contribution in [3.8, 4) is 5.75 Å². The lowest BCUT2D eigenvalue weighted by Gasteiger charge is -2.25. The highest BCUT2D eigenvalue weighted by Gasteiger charge is 2.20. The van der Waals surface area contributed by atoms with Gasteiger partial charge in [-0.3, -0.25) is 0 Å². The largest absolute Gasteiger partial charge is 0.340 e. The first-order chi connectivity index (χ1) is 6.86. The third-order valence-corrected chi connectivity index (χ3v) is 2.56. The fraction of sp³-hybridized carbons (Fsp3) is 0.538. The van der Waals surface area contributed by atoms with Gasteiger partial charge >= 0.3 is 0 Å². The summed E-state index contributed by atoms with van der Waals surface area (Å²) < 4.78 is 0. The molecule has 0 amide bonds. The van der Waals surface area contributed by atoms with Gasteiger partial charge in [0.2, 0.25) is 0 Å². The number of hydrogen-bond acceptors (Lipinski definition) is 2. The van der Waals surface area contributed by atoms with Gasteiger partial charge in [0.1, 0.15) is 0 Å². The third-order valence-electron chi connectivity index (χ3n) is 2.56. The van der Waals surface area contributed by atoms with E-state index in [9.17, 15) is 0 Å². The van der Waals surface area contributed by atoms with Gasteiger partial charge in [0.15, 0.2) is 5.75 Å². The molecule has 0 saturated carbocycles. The first-order valence-corrected chi connectivity index (χ1v) is 5.32. The van der Waals surface area contributed by atoms with Gasteiger partial charge in [-0.1, -0.05) is 40.7 Å². The molecule has 1 rings (SSSR count). The molecule has 1 aromatic rings. The van der Waals surface area contributed by atoms with Crippen LogP contribution in [0.5, 0.6) is 5.75 Å². The molecule has 0 aliphatic heterocycles. The lowest BCUT2D eigenvalue weighted by atomic mass is 9.80. The standard InChI is InChI=1S/C13H20O2/c1-9(2)11-7-6-10(15-14)8-12(11)13(3,4)5/h6-9,14H,1-5H3. The molecule has 0 fully saturated rings. The summed E-state index contributed by atoms with van der Waals surface area (Å²) in [4.78, 5) is 4.28. The molecule has 1 aromatic carbocycles. The fourth-order valence-electron chi connectivity index (χ4n) is 1.75. The van der Waals surface area contributed by atoms with Crippen molar-refractivity contribution in [1.29, 1.82) is 0 Å². The first kappa shape index (κ1) is 12.1. The van der Waals surface area contributed by atoms with Gasteiger partial charge in [0.25, 0.3) is 0 Å². The van der Waals surface area contributed by atoms with Crippen LogP contribution < -0.4 is 4.89 Å². The van der Waals surface area contributed by atoms with Crippen LogP contribution in [0.3, 0.4) is 0 Å². The average molecular weight is 208 g/mol. The minimum atomic E-state index is 0.0636. The quantitative estimate of drug-likeness (QED) is 0.589. The van der Waals surface area contributed by atoms with Crippen molar-refractivity contribution >= 4 is 0 Å². The maximum absolute atomic E-state index is 8.66. The highest BCUT2D eigenvalue weighted by molar-refractivity contribution is 5.41. The Labute approximate surface area is 91.8 Å². The number of benzene rings is 1. The van der Waals surface area contributed by atoms with Crippen molar-refractivity contribution in [2.24, 2.45) is 0 Å². The zero-order chi connectivity index (χ0) is 11.6. The summed E-state index contributed by atoms with van der Waals surface area (Å²) in [5, 5.41) is 8.66. The SMILES string of the molecule is CC(C)c1ccc(OO)cc1C(C)(C)C. The molecule has 0 aliphatic rings. The topological polar surface area (TPSA) is 29.5 Å². The van der Waals surface area contributed by atoms with Crippen LogP contribution in [0.25, 0.3) is 0 Å². The molecule has 0 spiro atoms. The molecule has 1 N–H and O–H groups in total. The lowest BCUT2D eigenvalue weighted by molar-refractivity contribution is -0.137. The van der Waals surface area contributed by atoms with E-state index in [-0.39, 0.29) is 5.41 Å². The predicted molar refractivity (Wildman–Crippen MR) is 62.5 cm³/mol. The molecule has 0 atom stereocenters. The molecular weight excluding hydrogens is 188 g/mol. The van der Waals surface area contributed by atoms with Crippen LogP contribution in [0.15, 0.2) is 18.2 Å². The third kappa shape index (κ3) is 2.72. The summed E-state index contributed by atoms with van der Waals surface area (Å²) in [5.41, 5.74) is 2.60. The normalized spacial score (nSPS) is 11.9. The highest BCUT2D eigenvalue weighted by Crippen LogP contribution is 2.33. The smallest absolute Gasteiger partial charge is 0.165 e. The predicted octanol–water partition coefficient (Wildman–Crippen LogP) is 3.96. The van der Waals surface area contributed by atoms with E-state index < -0.39 is 0 Å². The van der Waals surface area contributed by atoms with Crippen molar-refractivity contribution < 1.29 is 10.1 Å². The monoisotopic (exact) mass is 208 g/mol. The summed E-state index contributed by atoms with van der Waals surface area (Å²) in [6, 6.07) is 5.73. The van der Waals surface area contributed by atoms with Gasteiger partial charge < -0.3 is 4.89 Å². The van der Waals surface area contributed by atoms with Crippen molar-refractivity contribution in [2.75, 3.05) is 0 Å². The van der Waals surface area contributed by atoms with E-state index in [0.717, 1.165) is 0 Å². The van der Waals surface area contributed by atoms with Gasteiger partial charge in [-0.05, 0) is 34.6 Å². The van der Waals surface area contributed by atoms with E-state index in [1.54, 1.807) is 6.07 Å². The zero-order valence-corrected chi connectivity index (χ0v) is 10.2. The molecule has 0 aliphatic carbocycles. The van der Waals surface area contributed by atoms with E-state index in [0.29, 0.717) is 11.7 Å². The summed E-state index contributed by atoms with van der Waals surface area (Å²) in [7, 11) is 0. The second kappa shape index (κ2) is 4.23. The van der Waals surface area contributed by atoms with Crippen LogP contribution in [-0.4, -0.2) is 5.26 Å². The molecule has 0 saturated heterocycles. The Bertz CT molecular complexity index is 335. The second-order valence-corrected chi connectivity index (χ2v) is 5.25. The second-order valence-electron chi connectivity index (χ2n) is 5.25. The van der Waals surface area contributed by atoms with E-state index in [1.165, 1.54) is 11.1 Å². The molecule has 2 nitrogen and oxygen atoms in total. The Morgan fingerprint density at radius 1 is 1.20 bits per heavy atom. The van der Waals surface area contributed by atoms with Crippen LogP contribution in [0.4, 0.5) is 0 Å². The van der Waals surface area contributed by atoms with Crippen molar-refractivity contribution in [3.05, 3.63) is 29.3 Å². The molecule has 0 aromatic heterocycles. The number of hydrogen-bond donors (Lipinski definition) is 1. The van der Waals surface area contributed by atoms with Crippen molar-refractivity contribution in [2.45, 2.75) is 46.0 Å². The first-order valence-electron chi connectivity index (χ1n) is 5.32. The summed E-state index contributed by atoms with van der Waals surface area (Å²) in [5.74, 6) is 0.983. The molecule has 0 heterocycles. The van der Waals surface area contributed by atoms with Gasteiger partial charge in [-0.25, -0.2) is 5.26 Å². The summed E-state index contributed by atoms with van der Waals surface area (Å²) in [6.07, 6.45) is 0. The van der Waals surface area contributed by atoms with E-state index >= 15 is 0 Å². The van der Waals surface area contributed by atoms with Crippen LogP contribution in [-0.2, 0) is 5.41 Å². The molecule has 15 heavy (non-hydrogen) atoms. The van der Waals surface area contributed by atoms with Crippen LogP contribution in [0.1, 0.15) is 51.7 Å². The molecule has 0 unspecified atom stereocenters. The maximum Gasteiger partial charge on any atom is 0.165 e. The van der Waals surface area contributed by atoms with Crippen LogP contribution in [0, 0.1) is 0 Å². The average Bonchev–Trinajstić information content (AvgIpc) is 2.15. The van der Waals surface area contributed by atoms with Crippen LogP contribution in [0.2, 0.25) is 0 Å². The Hall–Kier alpha value is -1.02. The minimum Gasteiger partial charge on any atom is -0.340 e. The fourth-order valence-corrected chi connectivity index (χ4v) is 1.75. The molecule has 0 radical (unpaired) electrons. The highest BCUT2D eigenvalue weighted by atomic mass is 17.1. The van der Waals surface area contributed by atoms with Gasteiger partial charge in [-0.2, -0.15) is 0 Å². The zero-order valence-electron chi connectivity index (χ0n) is 10.2. The Balaban J connectivity index is 3.29. The molecule has 2 heteroatoms. The van der Waals surface area contributed by atoms with Gasteiger partial charge in [0, 0.05) is 0 Å². The van der Waals surface area contributed by atoms with E-state index in [2.05, 4.69) is 39.5 Å². The molecular formula is C13H20O2. The summed E-state index contributed by atoms with van der Waals surface area (Å²) >= 11 is 0. The maximum atomic E-state index is 8.66. The Morgan fingerprint density at radius 3 is 2.20 bits per heavy atom. The van der Waals surface area contributed by atoms with Crippen LogP contribution >= 0.6 is 0 Å². The van der Waals surface area contributed by atoms with E-state index in [4.69, 9.17) is 5.26 Å². The van der Waals surface area contributed by atoms with Crippen molar-refractivity contribution in [3.63, 3.8) is 0 Å². The van der Waals surface area contributed by atoms with E-state index in [1.807, 2.05) is 12.1 Å². The lowest BCUT2D eigenvalue weighted by Crippen LogP contribution is -2.15. The molecule has 84 valence electrons. The molecule has 0 bridgehead atoms. The summed E-state index contributed by atoms with van der Waals surface area (Å²) in [6.45, 7) is 10.8. The van der Waals surface area contributed by atoms with Gasteiger partial charge in [0.05, 0.1) is 0 Å². The van der Waals surface area contributed by atoms with Gasteiger partial charge in [-0.15, -0.1) is 0 Å². The minimum absolute atomic E-state index is 0.0636. The Kier molecular flexibility index (Phi) is 3.40.